The van der Waals surface area contributed by atoms with Crippen LogP contribution in [0.4, 0.5) is 0 Å². The molecule has 0 spiro atoms. The van der Waals surface area contributed by atoms with Gasteiger partial charge in [0, 0.05) is 27.5 Å². The predicted molar refractivity (Wildman–Crippen MR) is 201 cm³/mol. The van der Waals surface area contributed by atoms with E-state index < -0.39 is 210 Å². The van der Waals surface area contributed by atoms with Gasteiger partial charge in [0.15, 0.2) is 17.5 Å². The van der Waals surface area contributed by atoms with Crippen LogP contribution in [-0.2, 0) is 0 Å². The molecule has 0 saturated heterocycles. The second-order valence-electron chi connectivity index (χ2n) is 10.7. The third-order valence-corrected chi connectivity index (χ3v) is 7.94. The van der Waals surface area contributed by atoms with Crippen LogP contribution in [0.2, 0.25) is 0 Å². The van der Waals surface area contributed by atoms with Gasteiger partial charge in [0.2, 0.25) is 0 Å². The minimum Gasteiger partial charge on any atom is -0.456 e. The summed E-state index contributed by atoms with van der Waals surface area (Å²) in [7, 11) is 0. The quantitative estimate of drug-likeness (QED) is 0.178. The van der Waals surface area contributed by atoms with Gasteiger partial charge in [0.05, 0.1) is 30.2 Å². The summed E-state index contributed by atoms with van der Waals surface area (Å²) in [6.45, 7) is 0. The molecule has 2 aromatic heterocycles. The molecule has 0 N–H and O–H groups in total. The normalized spacial score (nSPS) is 18.0. The summed E-state index contributed by atoms with van der Waals surface area (Å²) in [5.74, 6) is -1.28. The number of furan rings is 1. The van der Waals surface area contributed by atoms with Crippen LogP contribution in [-0.4, -0.2) is 15.0 Å². The molecule has 0 bridgehead atoms. The van der Waals surface area contributed by atoms with Gasteiger partial charge in [-0.25, -0.2) is 15.0 Å². The number of para-hydroxylation sites is 1. The fraction of sp³-hybridized carbons (Fsp3) is 0. The lowest BCUT2D eigenvalue weighted by molar-refractivity contribution is 0.669. The molecule has 8 aromatic carbocycles. The van der Waals surface area contributed by atoms with Gasteiger partial charge in [-0.1, -0.05) is 151 Å². The smallest absolute Gasteiger partial charge is 0.164 e. The average Bonchev–Trinajstić information content (AvgIpc) is 3.76. The lowest BCUT2D eigenvalue weighted by atomic mass is 9.91. The minimum atomic E-state index is -0.920. The summed E-state index contributed by atoms with van der Waals surface area (Å²) in [5, 5.41) is -3.69. The maximum absolute atomic E-state index is 9.38. The first-order valence-corrected chi connectivity index (χ1v) is 14.7. The Bertz CT molecular complexity index is 4140. The lowest BCUT2D eigenvalue weighted by Gasteiger charge is -2.14. The molecule has 10 rings (SSSR count). The van der Waals surface area contributed by atoms with Crippen molar-refractivity contribution in [3.8, 4) is 45.3 Å². The first-order chi connectivity index (χ1) is 33.5. The molecule has 49 heavy (non-hydrogen) atoms. The standard InChI is InChI=1S/C45H27N3O/c1-2-13-29(14-3-1)43-46-44(48-45(47-43)39-23-11-25-41-42(39)38-16-6-7-24-40(38)49-41)37-22-10-20-33-32(18-9-21-35(33)37)34-19-8-17-31-30-15-5-4-12-28(30)26-27-36(31)34/h1-27H/i4D,5D,6D,7D,8D,9D,10D,11D,12D,15D,16D,17D,18D,19D,20D,21D,22D,23D,24D,25D,26D,27D. The maximum Gasteiger partial charge on any atom is 0.164 e. The van der Waals surface area contributed by atoms with Crippen LogP contribution in [0.5, 0.6) is 0 Å². The molecule has 2 heterocycles. The van der Waals surface area contributed by atoms with E-state index in [1.165, 1.54) is 0 Å². The monoisotopic (exact) mass is 647 g/mol. The molecule has 10 aromatic rings. The molecule has 0 saturated carbocycles. The Balaban J connectivity index is 1.41. The molecule has 0 aliphatic heterocycles. The van der Waals surface area contributed by atoms with Crippen molar-refractivity contribution in [2.75, 3.05) is 0 Å². The van der Waals surface area contributed by atoms with Gasteiger partial charge >= 0.3 is 0 Å². The Morgan fingerprint density at radius 1 is 0.388 bits per heavy atom. The fourth-order valence-corrected chi connectivity index (χ4v) is 5.76. The zero-order valence-electron chi connectivity index (χ0n) is 46.6. The number of aromatic nitrogens is 3. The molecule has 4 heteroatoms. The molecule has 0 atom stereocenters. The highest BCUT2D eigenvalue weighted by Gasteiger charge is 2.19. The van der Waals surface area contributed by atoms with E-state index in [4.69, 9.17) is 23.6 Å². The zero-order valence-corrected chi connectivity index (χ0v) is 24.6. The molecular weight excluding hydrogens is 599 g/mol. The van der Waals surface area contributed by atoms with E-state index in [-0.39, 0.29) is 22.2 Å². The minimum absolute atomic E-state index is 0.207. The Morgan fingerprint density at radius 2 is 0.939 bits per heavy atom. The molecule has 0 amide bonds. The van der Waals surface area contributed by atoms with Crippen molar-refractivity contribution in [3.63, 3.8) is 0 Å². The molecule has 0 fully saturated rings. The highest BCUT2D eigenvalue weighted by molar-refractivity contribution is 6.15. The van der Waals surface area contributed by atoms with E-state index in [2.05, 4.69) is 15.0 Å². The van der Waals surface area contributed by atoms with E-state index in [0.29, 0.717) is 0 Å². The first-order valence-electron chi connectivity index (χ1n) is 25.7. The van der Waals surface area contributed by atoms with Crippen LogP contribution < -0.4 is 0 Å². The van der Waals surface area contributed by atoms with E-state index >= 15 is 0 Å². The van der Waals surface area contributed by atoms with E-state index in [1.54, 1.807) is 30.3 Å². The van der Waals surface area contributed by atoms with Gasteiger partial charge < -0.3 is 4.42 Å². The Kier molecular flexibility index (Phi) is 3.01. The summed E-state index contributed by atoms with van der Waals surface area (Å²) in [6.07, 6.45) is 0. The van der Waals surface area contributed by atoms with Crippen molar-refractivity contribution < 1.29 is 34.6 Å². The third-order valence-electron chi connectivity index (χ3n) is 7.94. The summed E-state index contributed by atoms with van der Waals surface area (Å²) in [6, 6.07) is -9.14. The fourth-order valence-electron chi connectivity index (χ4n) is 5.76. The van der Waals surface area contributed by atoms with E-state index in [0.717, 1.165) is 0 Å². The number of nitrogens with zero attached hydrogens (tertiary/aromatic N) is 3. The topological polar surface area (TPSA) is 51.8 Å². The van der Waals surface area contributed by atoms with Crippen LogP contribution in [0, 0.1) is 0 Å². The second-order valence-corrected chi connectivity index (χ2v) is 10.7. The van der Waals surface area contributed by atoms with Crippen molar-refractivity contribution in [1.29, 1.82) is 0 Å². The zero-order chi connectivity index (χ0) is 51.5. The van der Waals surface area contributed by atoms with Gasteiger partial charge in [0.25, 0.3) is 0 Å². The van der Waals surface area contributed by atoms with Crippen LogP contribution in [0.25, 0.3) is 99.5 Å². The Labute approximate surface area is 312 Å². The molecular formula is C45H27N3O. The number of fused-ring (bicyclic) bond motifs is 7. The van der Waals surface area contributed by atoms with Gasteiger partial charge in [-0.3, -0.25) is 0 Å². The summed E-state index contributed by atoms with van der Waals surface area (Å²) >= 11 is 0. The third kappa shape index (κ3) is 4.42. The Morgan fingerprint density at radius 3 is 1.76 bits per heavy atom. The first kappa shape index (κ1) is 13.5. The van der Waals surface area contributed by atoms with Crippen molar-refractivity contribution in [1.82, 2.24) is 15.0 Å². The average molecular weight is 648 g/mol. The van der Waals surface area contributed by atoms with Crippen LogP contribution in [0.15, 0.2) is 168 Å². The molecule has 0 radical (unpaired) electrons. The number of hydrogen-bond donors (Lipinski definition) is 0. The van der Waals surface area contributed by atoms with Gasteiger partial charge in [-0.05, 0) is 55.5 Å². The lowest BCUT2D eigenvalue weighted by Crippen LogP contribution is -2.01. The van der Waals surface area contributed by atoms with Crippen LogP contribution >= 0.6 is 0 Å². The molecule has 0 aliphatic rings. The van der Waals surface area contributed by atoms with E-state index in [9.17, 15) is 11.0 Å². The SMILES string of the molecule is [2H]c1c([2H])c([2H])c2c(oc3c([2H])c([2H])c([2H])c(-c4nc(-c5ccccc5)nc(-c5c([2H])c([2H])c([2H])c6c(-c7c([2H])c([2H])c([2H])c8c7c([2H])c([2H])c7c([2H])c([2H])c([2H])c([2H])c78)c([2H])c([2H])c([2H])c56)n4)c32)c1[2H]. The summed E-state index contributed by atoms with van der Waals surface area (Å²) in [5.41, 5.74) is -2.80. The number of rotatable bonds is 4. The largest absolute Gasteiger partial charge is 0.456 e. The molecule has 228 valence electrons. The Hall–Kier alpha value is -6.65. The van der Waals surface area contributed by atoms with Crippen LogP contribution in [0.1, 0.15) is 30.2 Å². The van der Waals surface area contributed by atoms with Gasteiger partial charge in [0.1, 0.15) is 11.2 Å². The second kappa shape index (κ2) is 11.0. The predicted octanol–water partition coefficient (Wildman–Crippen LogP) is 11.9. The van der Waals surface area contributed by atoms with Crippen molar-refractivity contribution in [3.05, 3.63) is 163 Å². The number of hydrogen-bond acceptors (Lipinski definition) is 4. The van der Waals surface area contributed by atoms with Crippen molar-refractivity contribution in [2.45, 2.75) is 0 Å². The molecule has 4 nitrogen and oxygen atoms in total. The highest BCUT2D eigenvalue weighted by atomic mass is 16.3. The maximum atomic E-state index is 9.38. The van der Waals surface area contributed by atoms with Gasteiger partial charge in [-0.2, -0.15) is 0 Å². The van der Waals surface area contributed by atoms with Gasteiger partial charge in [-0.15, -0.1) is 0 Å². The highest BCUT2D eigenvalue weighted by Crippen LogP contribution is 2.40. The van der Waals surface area contributed by atoms with Crippen molar-refractivity contribution in [2.24, 2.45) is 0 Å². The van der Waals surface area contributed by atoms with E-state index in [1.807, 2.05) is 0 Å². The van der Waals surface area contributed by atoms with Crippen molar-refractivity contribution >= 4 is 54.3 Å². The van der Waals surface area contributed by atoms with Crippen LogP contribution in [0.3, 0.4) is 0 Å². The number of benzene rings is 8. The summed E-state index contributed by atoms with van der Waals surface area (Å²) in [4.78, 5) is 13.9. The molecule has 0 aliphatic carbocycles. The molecule has 0 unspecified atom stereocenters. The summed E-state index contributed by atoms with van der Waals surface area (Å²) < 4.78 is 202.